The van der Waals surface area contributed by atoms with Gasteiger partial charge in [-0.25, -0.2) is 0 Å². The molecule has 0 saturated heterocycles. The lowest BCUT2D eigenvalue weighted by molar-refractivity contribution is 0.487. The van der Waals surface area contributed by atoms with Crippen molar-refractivity contribution in [2.45, 2.75) is 20.7 Å². The van der Waals surface area contributed by atoms with Crippen molar-refractivity contribution in [2.24, 2.45) is 0 Å². The molecule has 0 fully saturated rings. The summed E-state index contributed by atoms with van der Waals surface area (Å²) in [4.78, 5) is 0. The first-order valence-electron chi connectivity index (χ1n) is 9.33. The highest BCUT2D eigenvalue weighted by atomic mass is 16.5. The van der Waals surface area contributed by atoms with E-state index in [4.69, 9.17) is 8.85 Å². The van der Waals surface area contributed by atoms with Crippen LogP contribution in [-0.4, -0.2) is 6.71 Å². The van der Waals surface area contributed by atoms with E-state index in [1.165, 1.54) is 0 Å². The Hall–Kier alpha value is -2.48. The number of aryl methyl sites for hydroxylation is 3. The maximum Gasteiger partial charge on any atom is 0.251 e. The van der Waals surface area contributed by atoms with Gasteiger partial charge in [-0.15, -0.1) is 0 Å². The van der Waals surface area contributed by atoms with Crippen molar-refractivity contribution < 1.29 is 8.85 Å². The second kappa shape index (κ2) is 5.31. The minimum absolute atomic E-state index is 0.160. The van der Waals surface area contributed by atoms with Gasteiger partial charge in [-0.2, -0.15) is 0 Å². The highest BCUT2D eigenvalue weighted by molar-refractivity contribution is 6.97. The Kier molecular flexibility index (Phi) is 2.57. The molecule has 0 amide bonds. The van der Waals surface area contributed by atoms with Crippen LogP contribution >= 0.6 is 0 Å². The Morgan fingerprint density at radius 2 is 1.61 bits per heavy atom. The molecule has 0 unspecified atom stereocenters. The zero-order valence-electron chi connectivity index (χ0n) is 16.3. The molecule has 3 aromatic rings. The molecule has 0 radical (unpaired) electrons. The first-order valence-corrected chi connectivity index (χ1v) is 7.83. The molecular weight excluding hydrogens is 279 g/mol. The van der Waals surface area contributed by atoms with E-state index in [-0.39, 0.29) is 6.71 Å². The van der Waals surface area contributed by atoms with Crippen molar-refractivity contribution in [3.63, 3.8) is 0 Å². The molecule has 3 aromatic carbocycles. The monoisotopic (exact) mass is 301 g/mol. The molecule has 0 N–H and O–H groups in total. The third-order valence-corrected chi connectivity index (χ3v) is 4.54. The summed E-state index contributed by atoms with van der Waals surface area (Å²) in [5.41, 5.74) is 5.37. The Labute approximate surface area is 142 Å². The van der Waals surface area contributed by atoms with Gasteiger partial charge in [0.2, 0.25) is 0 Å². The van der Waals surface area contributed by atoms with Crippen LogP contribution in [0.3, 0.4) is 0 Å². The summed E-state index contributed by atoms with van der Waals surface area (Å²) in [5, 5.41) is 0. The standard InChI is InChI=1S/C21H19BO/c1-14-11-12-18-20(13-14)23-19-10-5-4-9-17(19)22(18)21-15(2)7-6-8-16(21)3/h4-13H,1-3H3/i2D3. The zero-order valence-corrected chi connectivity index (χ0v) is 13.3. The number of benzene rings is 3. The molecular formula is C21H19BO. The molecule has 4 rings (SSSR count). The first kappa shape index (κ1) is 11.1. The summed E-state index contributed by atoms with van der Waals surface area (Å²) in [7, 11) is 0. The van der Waals surface area contributed by atoms with Crippen LogP contribution in [0.5, 0.6) is 11.5 Å². The molecule has 0 bridgehead atoms. The topological polar surface area (TPSA) is 9.23 Å². The Morgan fingerprint density at radius 3 is 2.48 bits per heavy atom. The first-order chi connectivity index (χ1) is 12.4. The van der Waals surface area contributed by atoms with Gasteiger partial charge in [0.1, 0.15) is 11.5 Å². The highest BCUT2D eigenvalue weighted by Crippen LogP contribution is 2.25. The molecule has 0 atom stereocenters. The number of ether oxygens (including phenoxy) is 1. The van der Waals surface area contributed by atoms with Crippen LogP contribution in [0.15, 0.2) is 60.7 Å². The minimum Gasteiger partial charge on any atom is -0.458 e. The van der Waals surface area contributed by atoms with Crippen LogP contribution in [-0.2, 0) is 0 Å². The van der Waals surface area contributed by atoms with Gasteiger partial charge in [-0.05, 0) is 49.3 Å². The average Bonchev–Trinajstić information content (AvgIpc) is 2.59. The van der Waals surface area contributed by atoms with Crippen molar-refractivity contribution in [3.8, 4) is 11.5 Å². The minimum atomic E-state index is -2.17. The maximum absolute atomic E-state index is 8.03. The largest absolute Gasteiger partial charge is 0.458 e. The summed E-state index contributed by atoms with van der Waals surface area (Å²) in [5.74, 6) is 1.59. The predicted molar refractivity (Wildman–Crippen MR) is 98.3 cm³/mol. The molecule has 0 saturated carbocycles. The average molecular weight is 301 g/mol. The lowest BCUT2D eigenvalue weighted by atomic mass is 9.34. The Bertz CT molecular complexity index is 995. The van der Waals surface area contributed by atoms with E-state index < -0.39 is 6.85 Å². The van der Waals surface area contributed by atoms with Gasteiger partial charge in [0.15, 0.2) is 0 Å². The molecule has 1 aliphatic rings. The quantitative estimate of drug-likeness (QED) is 0.490. The molecule has 0 aromatic heterocycles. The van der Waals surface area contributed by atoms with Gasteiger partial charge in [0, 0.05) is 4.11 Å². The summed E-state index contributed by atoms with van der Waals surface area (Å²) in [6.45, 7) is 1.68. The molecule has 112 valence electrons. The fraction of sp³-hybridized carbons (Fsp3) is 0.143. The third-order valence-electron chi connectivity index (χ3n) is 4.54. The van der Waals surface area contributed by atoms with Crippen molar-refractivity contribution in [1.29, 1.82) is 0 Å². The van der Waals surface area contributed by atoms with Crippen molar-refractivity contribution >= 4 is 23.1 Å². The van der Waals surface area contributed by atoms with E-state index in [2.05, 4.69) is 12.1 Å². The number of hydrogen-bond acceptors (Lipinski definition) is 1. The van der Waals surface area contributed by atoms with Gasteiger partial charge in [0.25, 0.3) is 6.71 Å². The number of rotatable bonds is 1. The molecule has 1 heterocycles. The maximum atomic E-state index is 8.03. The number of para-hydroxylation sites is 1. The molecule has 1 nitrogen and oxygen atoms in total. The Morgan fingerprint density at radius 1 is 0.826 bits per heavy atom. The SMILES string of the molecule is [2H]C([2H])([2H])c1cccc(C)c1B1c2ccccc2Oc2cc(C)ccc21. The van der Waals surface area contributed by atoms with E-state index in [0.717, 1.165) is 39.0 Å². The van der Waals surface area contributed by atoms with Crippen molar-refractivity contribution in [1.82, 2.24) is 0 Å². The van der Waals surface area contributed by atoms with Gasteiger partial charge >= 0.3 is 0 Å². The van der Waals surface area contributed by atoms with Gasteiger partial charge in [-0.3, -0.25) is 0 Å². The fourth-order valence-corrected chi connectivity index (χ4v) is 3.44. The van der Waals surface area contributed by atoms with Crippen LogP contribution in [0.1, 0.15) is 20.8 Å². The summed E-state index contributed by atoms with van der Waals surface area (Å²) < 4.78 is 30.2. The lowest BCUT2D eigenvalue weighted by Crippen LogP contribution is -2.56. The van der Waals surface area contributed by atoms with E-state index in [0.29, 0.717) is 5.56 Å². The van der Waals surface area contributed by atoms with Crippen molar-refractivity contribution in [3.05, 3.63) is 77.4 Å². The lowest BCUT2D eigenvalue weighted by Gasteiger charge is -2.28. The van der Waals surface area contributed by atoms with E-state index in [1.807, 2.05) is 56.3 Å². The van der Waals surface area contributed by atoms with E-state index in [1.54, 1.807) is 6.07 Å². The molecule has 23 heavy (non-hydrogen) atoms. The zero-order chi connectivity index (χ0) is 18.5. The second-order valence-corrected chi connectivity index (χ2v) is 6.15. The van der Waals surface area contributed by atoms with Crippen LogP contribution in [0, 0.1) is 20.7 Å². The van der Waals surface area contributed by atoms with Crippen LogP contribution in [0.4, 0.5) is 0 Å². The van der Waals surface area contributed by atoms with Gasteiger partial charge in [0.05, 0.1) is 0 Å². The smallest absolute Gasteiger partial charge is 0.251 e. The van der Waals surface area contributed by atoms with Crippen LogP contribution in [0.25, 0.3) is 0 Å². The van der Waals surface area contributed by atoms with Crippen molar-refractivity contribution in [2.75, 3.05) is 0 Å². The third kappa shape index (κ3) is 2.26. The Balaban J connectivity index is 2.05. The normalized spacial score (nSPS) is 14.9. The number of hydrogen-bond donors (Lipinski definition) is 0. The van der Waals surface area contributed by atoms with Gasteiger partial charge in [-0.1, -0.05) is 65.1 Å². The van der Waals surface area contributed by atoms with E-state index in [9.17, 15) is 0 Å². The second-order valence-electron chi connectivity index (χ2n) is 6.15. The molecule has 0 spiro atoms. The summed E-state index contributed by atoms with van der Waals surface area (Å²) in [6, 6.07) is 19.5. The molecule has 1 aliphatic heterocycles. The summed E-state index contributed by atoms with van der Waals surface area (Å²) in [6.07, 6.45) is 0. The number of fused-ring (bicyclic) bond motifs is 2. The summed E-state index contributed by atoms with van der Waals surface area (Å²) >= 11 is 0. The predicted octanol–water partition coefficient (Wildman–Crippen LogP) is 3.23. The highest BCUT2D eigenvalue weighted by Gasteiger charge is 2.33. The van der Waals surface area contributed by atoms with E-state index >= 15 is 0 Å². The van der Waals surface area contributed by atoms with Crippen LogP contribution in [0.2, 0.25) is 0 Å². The molecule has 2 heteroatoms. The van der Waals surface area contributed by atoms with Crippen LogP contribution < -0.4 is 21.1 Å². The van der Waals surface area contributed by atoms with Gasteiger partial charge < -0.3 is 4.74 Å². The fourth-order valence-electron chi connectivity index (χ4n) is 3.44. The molecule has 0 aliphatic carbocycles.